The summed E-state index contributed by atoms with van der Waals surface area (Å²) in [6.45, 7) is 2.47. The molecule has 4 nitrogen and oxygen atoms in total. The minimum atomic E-state index is -3.37. The highest BCUT2D eigenvalue weighted by molar-refractivity contribution is 7.89. The van der Waals surface area contributed by atoms with Crippen LogP contribution in [0.4, 0.5) is 0 Å². The van der Waals surface area contributed by atoms with Gasteiger partial charge in [-0.05, 0) is 32.6 Å². The summed E-state index contributed by atoms with van der Waals surface area (Å²) in [5.74, 6) is 0. The maximum atomic E-state index is 10.9. The molecule has 0 amide bonds. The fraction of sp³-hybridized carbons (Fsp3) is 0.800. The Hall–Kier alpha value is -0.390. The molecular weight excluding hydrogens is 214 g/mol. The van der Waals surface area contributed by atoms with Crippen LogP contribution in [0.1, 0.15) is 32.6 Å². The standard InChI is InChI=1S/C10H19NO3S/c1-9(15(11,12)13)5-2-3-6-10-7-4-8-14-10/h3,6,9-10H,2,4-5,7-8H2,1H3,(H2,11,12,13)/t9-,10-/m1/s1. The van der Waals surface area contributed by atoms with Crippen molar-refractivity contribution in [1.29, 1.82) is 0 Å². The lowest BCUT2D eigenvalue weighted by atomic mass is 10.2. The Morgan fingerprint density at radius 3 is 2.87 bits per heavy atom. The fourth-order valence-corrected chi connectivity index (χ4v) is 1.96. The fourth-order valence-electron chi connectivity index (χ4n) is 1.50. The first-order valence-electron chi connectivity index (χ1n) is 5.30. The minimum Gasteiger partial charge on any atom is -0.374 e. The van der Waals surface area contributed by atoms with Crippen molar-refractivity contribution in [2.24, 2.45) is 5.14 Å². The topological polar surface area (TPSA) is 69.4 Å². The van der Waals surface area contributed by atoms with E-state index in [1.165, 1.54) is 0 Å². The molecule has 0 aromatic rings. The molecular formula is C10H19NO3S. The molecule has 0 unspecified atom stereocenters. The zero-order valence-corrected chi connectivity index (χ0v) is 9.87. The van der Waals surface area contributed by atoms with Gasteiger partial charge in [-0.2, -0.15) is 0 Å². The zero-order valence-electron chi connectivity index (χ0n) is 9.06. The first-order chi connectivity index (χ1) is 7.00. The van der Waals surface area contributed by atoms with Crippen LogP contribution in [0.25, 0.3) is 0 Å². The van der Waals surface area contributed by atoms with Gasteiger partial charge in [-0.15, -0.1) is 0 Å². The Balaban J connectivity index is 2.20. The Morgan fingerprint density at radius 1 is 1.60 bits per heavy atom. The van der Waals surface area contributed by atoms with Crippen molar-refractivity contribution in [1.82, 2.24) is 0 Å². The molecule has 5 heteroatoms. The van der Waals surface area contributed by atoms with E-state index in [0.29, 0.717) is 6.42 Å². The van der Waals surface area contributed by atoms with Crippen molar-refractivity contribution < 1.29 is 13.2 Å². The quantitative estimate of drug-likeness (QED) is 0.725. The summed E-state index contributed by atoms with van der Waals surface area (Å²) in [5.41, 5.74) is 0. The van der Waals surface area contributed by atoms with Crippen LogP contribution in [-0.4, -0.2) is 26.4 Å². The lowest BCUT2D eigenvalue weighted by Gasteiger charge is -2.06. The van der Waals surface area contributed by atoms with E-state index in [9.17, 15) is 8.42 Å². The summed E-state index contributed by atoms with van der Waals surface area (Å²) in [6.07, 6.45) is 7.72. The summed E-state index contributed by atoms with van der Waals surface area (Å²) >= 11 is 0. The first-order valence-corrected chi connectivity index (χ1v) is 6.91. The molecule has 2 N–H and O–H groups in total. The summed E-state index contributed by atoms with van der Waals surface area (Å²) in [4.78, 5) is 0. The molecule has 0 aliphatic carbocycles. The van der Waals surface area contributed by atoms with E-state index in [1.807, 2.05) is 12.2 Å². The molecule has 1 rings (SSSR count). The normalized spacial score (nSPS) is 24.8. The van der Waals surface area contributed by atoms with Crippen molar-refractivity contribution in [3.63, 3.8) is 0 Å². The van der Waals surface area contributed by atoms with Crippen LogP contribution in [0.2, 0.25) is 0 Å². The second kappa shape index (κ2) is 5.63. The predicted octanol–water partition coefficient (Wildman–Crippen LogP) is 1.18. The molecule has 1 saturated heterocycles. The Kier molecular flexibility index (Phi) is 4.76. The average molecular weight is 233 g/mol. The largest absolute Gasteiger partial charge is 0.374 e. The average Bonchev–Trinajstić information content (AvgIpc) is 2.63. The van der Waals surface area contributed by atoms with Crippen molar-refractivity contribution >= 4 is 10.0 Å². The molecule has 1 heterocycles. The third-order valence-electron chi connectivity index (χ3n) is 2.62. The lowest BCUT2D eigenvalue weighted by molar-refractivity contribution is 0.145. The Bertz CT molecular complexity index is 305. The van der Waals surface area contributed by atoms with Gasteiger partial charge in [0.05, 0.1) is 11.4 Å². The SMILES string of the molecule is C[C@H](CCC=C[C@@H]1CCCO1)S(N)(=O)=O. The van der Waals surface area contributed by atoms with Crippen LogP contribution in [-0.2, 0) is 14.8 Å². The molecule has 2 atom stereocenters. The van der Waals surface area contributed by atoms with Crippen LogP contribution < -0.4 is 5.14 Å². The third kappa shape index (κ3) is 4.77. The van der Waals surface area contributed by atoms with Gasteiger partial charge < -0.3 is 4.74 Å². The summed E-state index contributed by atoms with van der Waals surface area (Å²) < 4.78 is 27.2. The van der Waals surface area contributed by atoms with Gasteiger partial charge in [0.1, 0.15) is 0 Å². The molecule has 88 valence electrons. The van der Waals surface area contributed by atoms with Gasteiger partial charge in [0.15, 0.2) is 0 Å². The van der Waals surface area contributed by atoms with Crippen molar-refractivity contribution in [2.75, 3.05) is 6.61 Å². The number of rotatable bonds is 5. The molecule has 1 fully saturated rings. The smallest absolute Gasteiger partial charge is 0.211 e. The zero-order chi connectivity index (χ0) is 11.3. The van der Waals surface area contributed by atoms with E-state index < -0.39 is 15.3 Å². The molecule has 0 aromatic heterocycles. The number of hydrogen-bond acceptors (Lipinski definition) is 3. The maximum Gasteiger partial charge on any atom is 0.211 e. The van der Waals surface area contributed by atoms with Gasteiger partial charge in [-0.1, -0.05) is 12.2 Å². The third-order valence-corrected chi connectivity index (χ3v) is 3.97. The van der Waals surface area contributed by atoms with Crippen LogP contribution in [0, 0.1) is 0 Å². The van der Waals surface area contributed by atoms with Gasteiger partial charge in [-0.3, -0.25) is 0 Å². The van der Waals surface area contributed by atoms with Crippen molar-refractivity contribution in [2.45, 2.75) is 44.0 Å². The van der Waals surface area contributed by atoms with Crippen LogP contribution in [0.3, 0.4) is 0 Å². The van der Waals surface area contributed by atoms with Gasteiger partial charge in [0, 0.05) is 6.61 Å². The number of primary sulfonamides is 1. The predicted molar refractivity (Wildman–Crippen MR) is 59.9 cm³/mol. The molecule has 0 bridgehead atoms. The molecule has 0 aromatic carbocycles. The maximum absolute atomic E-state index is 10.9. The minimum absolute atomic E-state index is 0.231. The van der Waals surface area contributed by atoms with Crippen LogP contribution in [0.15, 0.2) is 12.2 Å². The number of nitrogens with two attached hydrogens (primary N) is 1. The Morgan fingerprint density at radius 2 is 2.33 bits per heavy atom. The van der Waals surface area contributed by atoms with Crippen molar-refractivity contribution in [3.8, 4) is 0 Å². The summed E-state index contributed by atoms with van der Waals surface area (Å²) in [6, 6.07) is 0. The van der Waals surface area contributed by atoms with E-state index in [-0.39, 0.29) is 6.10 Å². The number of allylic oxidation sites excluding steroid dienone is 1. The molecule has 1 aliphatic heterocycles. The highest BCUT2D eigenvalue weighted by Gasteiger charge is 2.14. The van der Waals surface area contributed by atoms with Crippen molar-refractivity contribution in [3.05, 3.63) is 12.2 Å². The van der Waals surface area contributed by atoms with E-state index in [0.717, 1.165) is 25.9 Å². The summed E-state index contributed by atoms with van der Waals surface area (Å²) in [5, 5.41) is 4.54. The van der Waals surface area contributed by atoms with Crippen LogP contribution >= 0.6 is 0 Å². The lowest BCUT2D eigenvalue weighted by Crippen LogP contribution is -2.25. The number of sulfonamides is 1. The van der Waals surface area contributed by atoms with Gasteiger partial charge in [0.2, 0.25) is 10.0 Å². The molecule has 1 aliphatic rings. The first kappa shape index (κ1) is 12.7. The van der Waals surface area contributed by atoms with E-state index >= 15 is 0 Å². The molecule has 0 saturated carbocycles. The number of ether oxygens (including phenoxy) is 1. The number of hydrogen-bond donors (Lipinski definition) is 1. The highest BCUT2D eigenvalue weighted by atomic mass is 32.2. The van der Waals surface area contributed by atoms with Gasteiger partial charge in [-0.25, -0.2) is 13.6 Å². The van der Waals surface area contributed by atoms with Gasteiger partial charge >= 0.3 is 0 Å². The van der Waals surface area contributed by atoms with E-state index in [1.54, 1.807) is 6.92 Å². The van der Waals surface area contributed by atoms with E-state index in [4.69, 9.17) is 9.88 Å². The second-order valence-corrected chi connectivity index (χ2v) is 5.94. The monoisotopic (exact) mass is 233 g/mol. The van der Waals surface area contributed by atoms with Gasteiger partial charge in [0.25, 0.3) is 0 Å². The van der Waals surface area contributed by atoms with E-state index in [2.05, 4.69) is 0 Å². The highest BCUT2D eigenvalue weighted by Crippen LogP contribution is 2.14. The molecule has 0 radical (unpaired) electrons. The Labute approximate surface area is 91.5 Å². The summed E-state index contributed by atoms with van der Waals surface area (Å²) in [7, 11) is -3.37. The van der Waals surface area contributed by atoms with Crippen LogP contribution in [0.5, 0.6) is 0 Å². The second-order valence-electron chi connectivity index (χ2n) is 3.96. The molecule has 15 heavy (non-hydrogen) atoms. The molecule has 0 spiro atoms.